The lowest BCUT2D eigenvalue weighted by Crippen LogP contribution is -2.19. The molecule has 0 aliphatic heterocycles. The summed E-state index contributed by atoms with van der Waals surface area (Å²) in [6.07, 6.45) is 7.88. The van der Waals surface area contributed by atoms with E-state index in [-0.39, 0.29) is 6.04 Å². The molecule has 0 spiro atoms. The van der Waals surface area contributed by atoms with Crippen molar-refractivity contribution in [3.8, 4) is 11.5 Å². The summed E-state index contributed by atoms with van der Waals surface area (Å²) < 4.78 is 6.25. The van der Waals surface area contributed by atoms with Crippen LogP contribution >= 0.6 is 27.5 Å². The molecular weight excluding hydrogens is 430 g/mol. The van der Waals surface area contributed by atoms with Crippen molar-refractivity contribution in [2.24, 2.45) is 0 Å². The number of nitrogens with one attached hydrogen (secondary N) is 2. The molecule has 5 rings (SSSR count). The summed E-state index contributed by atoms with van der Waals surface area (Å²) >= 11 is 9.95. The molecule has 136 valence electrons. The average molecular weight is 445 g/mol. The summed E-state index contributed by atoms with van der Waals surface area (Å²) in [6, 6.07) is 6.25. The van der Waals surface area contributed by atoms with Gasteiger partial charge in [-0.05, 0) is 59.0 Å². The number of aromatic nitrogens is 4. The predicted molar refractivity (Wildman–Crippen MR) is 108 cm³/mol. The van der Waals surface area contributed by atoms with Gasteiger partial charge < -0.3 is 9.73 Å². The average Bonchev–Trinajstić information content (AvgIpc) is 3.34. The van der Waals surface area contributed by atoms with E-state index in [4.69, 9.17) is 16.0 Å². The van der Waals surface area contributed by atoms with Gasteiger partial charge in [-0.3, -0.25) is 10.1 Å². The number of nitrogens with zero attached hydrogens (tertiary/aromatic N) is 3. The first-order valence-corrected chi connectivity index (χ1v) is 9.84. The van der Waals surface area contributed by atoms with E-state index in [2.05, 4.69) is 47.5 Å². The molecule has 3 aromatic heterocycles. The number of hydrogen-bond acceptors (Lipinski definition) is 5. The van der Waals surface area contributed by atoms with Crippen molar-refractivity contribution in [1.82, 2.24) is 20.2 Å². The number of pyridine rings is 1. The lowest BCUT2D eigenvalue weighted by molar-refractivity contribution is 0.570. The number of aromatic amines is 1. The van der Waals surface area contributed by atoms with Crippen LogP contribution in [-0.4, -0.2) is 20.2 Å². The number of fused-ring (bicyclic) bond motifs is 2. The van der Waals surface area contributed by atoms with Crippen LogP contribution < -0.4 is 5.32 Å². The lowest BCUT2D eigenvalue weighted by atomic mass is 9.91. The van der Waals surface area contributed by atoms with Gasteiger partial charge in [0.2, 0.25) is 0 Å². The third kappa shape index (κ3) is 2.91. The van der Waals surface area contributed by atoms with Crippen molar-refractivity contribution >= 4 is 44.1 Å². The Balaban J connectivity index is 1.51. The van der Waals surface area contributed by atoms with Gasteiger partial charge in [0.1, 0.15) is 5.69 Å². The lowest BCUT2D eigenvalue weighted by Gasteiger charge is -2.27. The van der Waals surface area contributed by atoms with Crippen molar-refractivity contribution in [3.63, 3.8) is 0 Å². The highest BCUT2D eigenvalue weighted by molar-refractivity contribution is 9.10. The predicted octanol–water partition coefficient (Wildman–Crippen LogP) is 5.52. The smallest absolute Gasteiger partial charge is 0.181 e. The van der Waals surface area contributed by atoms with Gasteiger partial charge >= 0.3 is 0 Å². The zero-order valence-corrected chi connectivity index (χ0v) is 16.5. The fourth-order valence-electron chi connectivity index (χ4n) is 3.64. The van der Waals surface area contributed by atoms with Crippen LogP contribution in [0.25, 0.3) is 22.4 Å². The third-order valence-electron chi connectivity index (χ3n) is 4.92. The van der Waals surface area contributed by atoms with Gasteiger partial charge in [-0.15, -0.1) is 0 Å². The zero-order valence-electron chi connectivity index (χ0n) is 14.2. The van der Waals surface area contributed by atoms with Crippen LogP contribution in [0.1, 0.15) is 30.1 Å². The first-order valence-electron chi connectivity index (χ1n) is 8.67. The molecule has 0 fully saturated rings. The number of halogens is 2. The van der Waals surface area contributed by atoms with Crippen LogP contribution in [0.15, 0.2) is 45.9 Å². The second kappa shape index (κ2) is 6.65. The van der Waals surface area contributed by atoms with Gasteiger partial charge in [0.15, 0.2) is 12.2 Å². The van der Waals surface area contributed by atoms with E-state index in [9.17, 15) is 0 Å². The Hall–Kier alpha value is -2.38. The monoisotopic (exact) mass is 443 g/mol. The first kappa shape index (κ1) is 16.8. The van der Waals surface area contributed by atoms with Gasteiger partial charge in [-0.2, -0.15) is 5.10 Å². The number of benzene rings is 1. The highest BCUT2D eigenvalue weighted by Crippen LogP contribution is 2.38. The minimum atomic E-state index is 0.123. The maximum absolute atomic E-state index is 6.48. The number of anilines is 1. The van der Waals surface area contributed by atoms with Gasteiger partial charge in [-0.1, -0.05) is 11.6 Å². The molecule has 0 saturated carbocycles. The highest BCUT2D eigenvalue weighted by atomic mass is 79.9. The Kier molecular flexibility index (Phi) is 4.13. The molecule has 1 aliphatic carbocycles. The van der Waals surface area contributed by atoms with Crippen molar-refractivity contribution < 1.29 is 4.42 Å². The van der Waals surface area contributed by atoms with Crippen LogP contribution in [0.5, 0.6) is 0 Å². The number of rotatable bonds is 3. The second-order valence-corrected chi connectivity index (χ2v) is 7.80. The maximum Gasteiger partial charge on any atom is 0.181 e. The summed E-state index contributed by atoms with van der Waals surface area (Å²) in [5, 5.41) is 12.8. The SMILES string of the molecule is Clc1c(Br)cnc2c1CCCC2Nc1ccc2[nH]nc(-c3cnco3)c2c1. The molecule has 0 bridgehead atoms. The van der Waals surface area contributed by atoms with Crippen LogP contribution in [0.2, 0.25) is 5.02 Å². The summed E-state index contributed by atoms with van der Waals surface area (Å²) in [7, 11) is 0. The maximum atomic E-state index is 6.48. The largest absolute Gasteiger partial charge is 0.442 e. The molecule has 3 heterocycles. The molecule has 8 heteroatoms. The van der Waals surface area contributed by atoms with Crippen LogP contribution in [0.3, 0.4) is 0 Å². The van der Waals surface area contributed by atoms with Crippen LogP contribution in [0, 0.1) is 0 Å². The van der Waals surface area contributed by atoms with E-state index in [1.165, 1.54) is 6.39 Å². The molecule has 1 unspecified atom stereocenters. The van der Waals surface area contributed by atoms with Gasteiger partial charge in [-0.25, -0.2) is 4.98 Å². The van der Waals surface area contributed by atoms with E-state index in [1.54, 1.807) is 12.4 Å². The van der Waals surface area contributed by atoms with Gasteiger partial charge in [0.05, 0.1) is 32.9 Å². The topological polar surface area (TPSA) is 79.6 Å². The van der Waals surface area contributed by atoms with Crippen molar-refractivity contribution in [3.05, 3.63) is 57.7 Å². The Morgan fingerprint density at radius 1 is 1.30 bits per heavy atom. The van der Waals surface area contributed by atoms with E-state index >= 15 is 0 Å². The van der Waals surface area contributed by atoms with E-state index in [0.29, 0.717) is 5.76 Å². The standard InChI is InChI=1S/C19H15BrClN5O/c20-13-7-23-18-11(17(13)21)2-1-3-15(18)24-10-4-5-14-12(6-10)19(26-25-14)16-8-22-9-27-16/h4-9,15,24H,1-3H2,(H,25,26). The number of oxazole rings is 1. The quantitative estimate of drug-likeness (QED) is 0.435. The third-order valence-corrected chi connectivity index (χ3v) is 6.18. The normalized spacial score (nSPS) is 16.4. The van der Waals surface area contributed by atoms with Crippen LogP contribution in [0.4, 0.5) is 5.69 Å². The first-order chi connectivity index (χ1) is 13.2. The molecule has 1 aromatic carbocycles. The van der Waals surface area contributed by atoms with Crippen molar-refractivity contribution in [2.45, 2.75) is 25.3 Å². The molecule has 4 aromatic rings. The van der Waals surface area contributed by atoms with Crippen molar-refractivity contribution in [2.75, 3.05) is 5.32 Å². The summed E-state index contributed by atoms with van der Waals surface area (Å²) in [6.45, 7) is 0. The van der Waals surface area contributed by atoms with E-state index in [1.807, 2.05) is 12.1 Å². The summed E-state index contributed by atoms with van der Waals surface area (Å²) in [5.74, 6) is 0.639. The van der Waals surface area contributed by atoms with Gasteiger partial charge in [0, 0.05) is 17.3 Å². The molecule has 0 radical (unpaired) electrons. The second-order valence-electron chi connectivity index (χ2n) is 6.57. The van der Waals surface area contributed by atoms with Crippen molar-refractivity contribution in [1.29, 1.82) is 0 Å². The molecule has 6 nitrogen and oxygen atoms in total. The molecule has 2 N–H and O–H groups in total. The number of hydrogen-bond donors (Lipinski definition) is 2. The fraction of sp³-hybridized carbons (Fsp3) is 0.211. The van der Waals surface area contributed by atoms with Crippen LogP contribution in [-0.2, 0) is 6.42 Å². The Labute approximate surface area is 168 Å². The minimum Gasteiger partial charge on any atom is -0.442 e. The Morgan fingerprint density at radius 3 is 3.07 bits per heavy atom. The summed E-state index contributed by atoms with van der Waals surface area (Å²) in [4.78, 5) is 8.61. The Bertz CT molecular complexity index is 1120. The van der Waals surface area contributed by atoms with Gasteiger partial charge in [0.25, 0.3) is 0 Å². The highest BCUT2D eigenvalue weighted by Gasteiger charge is 2.25. The van der Waals surface area contributed by atoms with E-state index < -0.39 is 0 Å². The Morgan fingerprint density at radius 2 is 2.22 bits per heavy atom. The molecule has 0 saturated heterocycles. The van der Waals surface area contributed by atoms with E-state index in [0.717, 1.165) is 62.3 Å². The molecule has 1 atom stereocenters. The fourth-order valence-corrected chi connectivity index (χ4v) is 4.22. The zero-order chi connectivity index (χ0) is 18.4. The molecule has 27 heavy (non-hydrogen) atoms. The number of H-pyrrole nitrogens is 1. The molecule has 1 aliphatic rings. The molecular formula is C19H15BrClN5O. The molecule has 0 amide bonds. The minimum absolute atomic E-state index is 0.123. The summed E-state index contributed by atoms with van der Waals surface area (Å²) in [5.41, 5.74) is 4.85.